The van der Waals surface area contributed by atoms with Crippen molar-refractivity contribution in [2.75, 3.05) is 13.7 Å². The molecule has 8 heteroatoms. The number of ether oxygens (including phenoxy) is 1. The predicted octanol–water partition coefficient (Wildman–Crippen LogP) is 0.287. The van der Waals surface area contributed by atoms with E-state index in [2.05, 4.69) is 20.1 Å². The number of urea groups is 1. The van der Waals surface area contributed by atoms with Crippen molar-refractivity contribution in [1.29, 1.82) is 0 Å². The van der Waals surface area contributed by atoms with Crippen LogP contribution in [0.2, 0.25) is 0 Å². The van der Waals surface area contributed by atoms with Gasteiger partial charge in [-0.2, -0.15) is 0 Å². The second kappa shape index (κ2) is 7.45. The first-order valence-electron chi connectivity index (χ1n) is 4.27. The molecular formula is C7H13N5O3. The third-order valence-electron chi connectivity index (χ3n) is 1.62. The van der Waals surface area contributed by atoms with Crippen LogP contribution in [0.5, 0.6) is 0 Å². The number of primary amides is 1. The third kappa shape index (κ3) is 6.17. The van der Waals surface area contributed by atoms with Crippen LogP contribution in [0.25, 0.3) is 10.4 Å². The maximum absolute atomic E-state index is 11.0. The van der Waals surface area contributed by atoms with E-state index < -0.39 is 18.0 Å². The highest BCUT2D eigenvalue weighted by molar-refractivity contribution is 5.75. The SMILES string of the molecule is COC(=O)C(CCCNC(N)=O)N=[N+]=[N-]. The summed E-state index contributed by atoms with van der Waals surface area (Å²) >= 11 is 0. The van der Waals surface area contributed by atoms with Gasteiger partial charge in [0.25, 0.3) is 0 Å². The molecule has 2 amide bonds. The van der Waals surface area contributed by atoms with Gasteiger partial charge in [0.2, 0.25) is 0 Å². The normalized spacial score (nSPS) is 11.0. The Morgan fingerprint density at radius 1 is 1.67 bits per heavy atom. The van der Waals surface area contributed by atoms with Crippen LogP contribution in [0, 0.1) is 0 Å². The van der Waals surface area contributed by atoms with Crippen LogP contribution < -0.4 is 11.1 Å². The minimum absolute atomic E-state index is 0.303. The lowest BCUT2D eigenvalue weighted by Crippen LogP contribution is -2.31. The van der Waals surface area contributed by atoms with Crippen molar-refractivity contribution in [3.8, 4) is 0 Å². The van der Waals surface area contributed by atoms with Gasteiger partial charge < -0.3 is 15.8 Å². The highest BCUT2D eigenvalue weighted by Gasteiger charge is 2.16. The number of esters is 1. The first-order valence-corrected chi connectivity index (χ1v) is 4.27. The van der Waals surface area contributed by atoms with Crippen molar-refractivity contribution in [2.45, 2.75) is 18.9 Å². The summed E-state index contributed by atoms with van der Waals surface area (Å²) < 4.78 is 4.43. The number of rotatable bonds is 6. The molecule has 0 aliphatic carbocycles. The molecule has 0 rings (SSSR count). The second-order valence-corrected chi connectivity index (χ2v) is 2.68. The molecule has 0 aromatic heterocycles. The lowest BCUT2D eigenvalue weighted by Gasteiger charge is -2.08. The fraction of sp³-hybridized carbons (Fsp3) is 0.714. The van der Waals surface area contributed by atoms with Crippen molar-refractivity contribution < 1.29 is 14.3 Å². The maximum atomic E-state index is 11.0. The van der Waals surface area contributed by atoms with E-state index in [0.29, 0.717) is 19.4 Å². The standard InChI is InChI=1S/C7H13N5O3/c1-15-6(13)5(11-12-9)3-2-4-10-7(8)14/h5H,2-4H2,1H3,(H3,8,10,14). The lowest BCUT2D eigenvalue weighted by molar-refractivity contribution is -0.142. The molecule has 15 heavy (non-hydrogen) atoms. The molecule has 0 spiro atoms. The maximum Gasteiger partial charge on any atom is 0.314 e. The molecule has 0 bridgehead atoms. The fourth-order valence-corrected chi connectivity index (χ4v) is 0.928. The van der Waals surface area contributed by atoms with Gasteiger partial charge in [-0.3, -0.25) is 4.79 Å². The molecular weight excluding hydrogens is 202 g/mol. The molecule has 8 nitrogen and oxygen atoms in total. The average Bonchev–Trinajstić information content (AvgIpc) is 2.21. The van der Waals surface area contributed by atoms with E-state index in [4.69, 9.17) is 11.3 Å². The van der Waals surface area contributed by atoms with Crippen molar-refractivity contribution in [3.05, 3.63) is 10.4 Å². The van der Waals surface area contributed by atoms with Gasteiger partial charge in [-0.05, 0) is 18.4 Å². The summed E-state index contributed by atoms with van der Waals surface area (Å²) in [7, 11) is 1.21. The predicted molar refractivity (Wildman–Crippen MR) is 51.8 cm³/mol. The summed E-state index contributed by atoms with van der Waals surface area (Å²) in [5.74, 6) is -0.591. The zero-order valence-corrected chi connectivity index (χ0v) is 8.34. The van der Waals surface area contributed by atoms with Crippen LogP contribution >= 0.6 is 0 Å². The van der Waals surface area contributed by atoms with Gasteiger partial charge in [0.05, 0.1) is 7.11 Å². The number of hydrogen-bond donors (Lipinski definition) is 2. The van der Waals surface area contributed by atoms with Gasteiger partial charge in [0.1, 0.15) is 6.04 Å². The summed E-state index contributed by atoms with van der Waals surface area (Å²) in [6.45, 7) is 0.323. The Bertz CT molecular complexity index is 274. The van der Waals surface area contributed by atoms with Gasteiger partial charge in [-0.1, -0.05) is 5.11 Å². The monoisotopic (exact) mass is 215 g/mol. The molecule has 0 saturated heterocycles. The number of methoxy groups -OCH3 is 1. The number of nitrogens with one attached hydrogen (secondary N) is 1. The number of amides is 2. The zero-order valence-electron chi connectivity index (χ0n) is 8.34. The Morgan fingerprint density at radius 3 is 2.80 bits per heavy atom. The molecule has 0 radical (unpaired) electrons. The van der Waals surface area contributed by atoms with Gasteiger partial charge in [-0.25, -0.2) is 4.79 Å². The summed E-state index contributed by atoms with van der Waals surface area (Å²) in [4.78, 5) is 23.9. The number of carbonyl (C=O) groups is 2. The molecule has 0 aliphatic rings. The Kier molecular flexibility index (Phi) is 6.48. The average molecular weight is 215 g/mol. The highest BCUT2D eigenvalue weighted by atomic mass is 16.5. The summed E-state index contributed by atoms with van der Waals surface area (Å²) in [6, 6.07) is -1.48. The molecule has 0 aromatic carbocycles. The smallest absolute Gasteiger partial charge is 0.314 e. The van der Waals surface area contributed by atoms with Crippen LogP contribution in [0.3, 0.4) is 0 Å². The van der Waals surface area contributed by atoms with Crippen LogP contribution in [0.4, 0.5) is 4.79 Å². The summed E-state index contributed by atoms with van der Waals surface area (Å²) in [5, 5.41) is 5.63. The van der Waals surface area contributed by atoms with E-state index >= 15 is 0 Å². The van der Waals surface area contributed by atoms with E-state index in [1.807, 2.05) is 0 Å². The van der Waals surface area contributed by atoms with Crippen molar-refractivity contribution in [3.63, 3.8) is 0 Å². The minimum atomic E-state index is -0.852. The summed E-state index contributed by atoms with van der Waals surface area (Å²) in [5.41, 5.74) is 13.0. The second-order valence-electron chi connectivity index (χ2n) is 2.68. The molecule has 1 unspecified atom stereocenters. The van der Waals surface area contributed by atoms with Crippen molar-refractivity contribution in [2.24, 2.45) is 10.8 Å². The van der Waals surface area contributed by atoms with Crippen LogP contribution in [-0.4, -0.2) is 31.7 Å². The van der Waals surface area contributed by atoms with E-state index in [1.165, 1.54) is 7.11 Å². The van der Waals surface area contributed by atoms with Crippen molar-refractivity contribution in [1.82, 2.24) is 5.32 Å². The van der Waals surface area contributed by atoms with Gasteiger partial charge in [0, 0.05) is 11.5 Å². The van der Waals surface area contributed by atoms with E-state index in [0.717, 1.165) is 0 Å². The molecule has 3 N–H and O–H groups in total. The molecule has 0 heterocycles. The Morgan fingerprint density at radius 2 is 2.33 bits per heavy atom. The number of hydrogen-bond acceptors (Lipinski definition) is 4. The van der Waals surface area contributed by atoms with Crippen LogP contribution in [0.1, 0.15) is 12.8 Å². The quantitative estimate of drug-likeness (QED) is 0.217. The van der Waals surface area contributed by atoms with Crippen molar-refractivity contribution >= 4 is 12.0 Å². The molecule has 1 atom stereocenters. The van der Waals surface area contributed by atoms with E-state index in [1.54, 1.807) is 0 Å². The van der Waals surface area contributed by atoms with Gasteiger partial charge in [-0.15, -0.1) is 0 Å². The van der Waals surface area contributed by atoms with Crippen LogP contribution in [-0.2, 0) is 9.53 Å². The molecule has 0 aliphatic heterocycles. The Labute approximate surface area is 86.4 Å². The Balaban J connectivity index is 3.91. The lowest BCUT2D eigenvalue weighted by atomic mass is 10.2. The topological polar surface area (TPSA) is 130 Å². The minimum Gasteiger partial charge on any atom is -0.469 e. The van der Waals surface area contributed by atoms with E-state index in [9.17, 15) is 9.59 Å². The number of azide groups is 1. The summed E-state index contributed by atoms with van der Waals surface area (Å²) in [6.07, 6.45) is 0.777. The number of nitrogens with zero attached hydrogens (tertiary/aromatic N) is 3. The first-order chi connectivity index (χ1) is 7.11. The number of nitrogens with two attached hydrogens (primary N) is 1. The van der Waals surface area contributed by atoms with E-state index in [-0.39, 0.29) is 0 Å². The third-order valence-corrected chi connectivity index (χ3v) is 1.62. The van der Waals surface area contributed by atoms with Gasteiger partial charge >= 0.3 is 12.0 Å². The molecule has 84 valence electrons. The fourth-order valence-electron chi connectivity index (χ4n) is 0.928. The zero-order chi connectivity index (χ0) is 11.7. The molecule has 0 fully saturated rings. The highest BCUT2D eigenvalue weighted by Crippen LogP contribution is 2.04. The number of carbonyl (C=O) groups excluding carboxylic acids is 2. The first kappa shape index (κ1) is 13.1. The van der Waals surface area contributed by atoms with Gasteiger partial charge in [0.15, 0.2) is 0 Å². The Hall–Kier alpha value is -1.95. The molecule has 0 aromatic rings. The largest absolute Gasteiger partial charge is 0.469 e. The van der Waals surface area contributed by atoms with Crippen LogP contribution in [0.15, 0.2) is 5.11 Å². The molecule has 0 saturated carbocycles.